The average Bonchev–Trinajstić information content (AvgIpc) is 2.50. The number of alkyl halides is 3. The molecule has 0 radical (unpaired) electrons. The molecule has 2 saturated heterocycles. The van der Waals surface area contributed by atoms with Crippen LogP contribution in [0.3, 0.4) is 0 Å². The van der Waals surface area contributed by atoms with Crippen LogP contribution in [-0.2, 0) is 0 Å². The highest BCUT2D eigenvalue weighted by molar-refractivity contribution is 5.78. The first-order chi connectivity index (χ1) is 11.3. The van der Waals surface area contributed by atoms with E-state index in [1.165, 1.54) is 0 Å². The lowest BCUT2D eigenvalue weighted by molar-refractivity contribution is -0.187. The average molecular weight is 346 g/mol. The Morgan fingerprint density at radius 2 is 1.58 bits per heavy atom. The smallest absolute Gasteiger partial charge is 0.370 e. The Morgan fingerprint density at radius 3 is 2.12 bits per heavy atom. The summed E-state index contributed by atoms with van der Waals surface area (Å²) in [6.07, 6.45) is 0.640. The normalized spacial score (nSPS) is 32.0. The Balaban J connectivity index is 1.41. The summed E-state index contributed by atoms with van der Waals surface area (Å²) in [5, 5.41) is 0. The van der Waals surface area contributed by atoms with Gasteiger partial charge in [0.15, 0.2) is 5.96 Å². The van der Waals surface area contributed by atoms with Crippen LogP contribution in [0, 0.1) is 11.8 Å². The van der Waals surface area contributed by atoms with Gasteiger partial charge in [0.25, 0.3) is 0 Å². The lowest BCUT2D eigenvalue weighted by atomic mass is 9.83. The van der Waals surface area contributed by atoms with Crippen molar-refractivity contribution in [3.8, 4) is 0 Å². The fourth-order valence-corrected chi connectivity index (χ4v) is 4.06. The van der Waals surface area contributed by atoms with Crippen LogP contribution in [0.2, 0.25) is 0 Å². The highest BCUT2D eigenvalue weighted by Gasteiger charge is 2.43. The fourth-order valence-electron chi connectivity index (χ4n) is 4.06. The topological polar surface area (TPSA) is 44.9 Å². The van der Waals surface area contributed by atoms with Crippen molar-refractivity contribution in [2.75, 3.05) is 26.2 Å². The van der Waals surface area contributed by atoms with Crippen LogP contribution in [0.4, 0.5) is 13.2 Å². The molecule has 7 heteroatoms. The largest absolute Gasteiger partial charge is 0.391 e. The number of halogens is 3. The molecular weight excluding hydrogens is 317 g/mol. The van der Waals surface area contributed by atoms with Crippen LogP contribution in [0.25, 0.3) is 0 Å². The van der Waals surface area contributed by atoms with Crippen molar-refractivity contribution < 1.29 is 13.2 Å². The molecule has 2 aliphatic heterocycles. The highest BCUT2D eigenvalue weighted by atomic mass is 19.4. The second kappa shape index (κ2) is 7.10. The summed E-state index contributed by atoms with van der Waals surface area (Å²) >= 11 is 0. The van der Waals surface area contributed by atoms with E-state index in [0.29, 0.717) is 25.1 Å². The second-order valence-corrected chi connectivity index (χ2v) is 7.79. The summed E-state index contributed by atoms with van der Waals surface area (Å²) in [6, 6.07) is 0.636. The maximum Gasteiger partial charge on any atom is 0.391 e. The maximum absolute atomic E-state index is 12.7. The van der Waals surface area contributed by atoms with E-state index in [1.807, 2.05) is 0 Å². The molecule has 0 spiro atoms. The lowest BCUT2D eigenvalue weighted by Gasteiger charge is -2.45. The Hall–Kier alpha value is -0.980. The van der Waals surface area contributed by atoms with Gasteiger partial charge in [0.2, 0.25) is 0 Å². The van der Waals surface area contributed by atoms with E-state index in [9.17, 15) is 13.2 Å². The number of guanidine groups is 1. The zero-order chi connectivity index (χ0) is 17.3. The number of nitrogens with two attached hydrogens (primary N) is 1. The summed E-state index contributed by atoms with van der Waals surface area (Å²) in [7, 11) is 0. The molecule has 1 saturated carbocycles. The number of nitrogens with zero attached hydrogens (tertiary/aromatic N) is 3. The SMILES string of the molecule is CC1CCN(C(N)=NC2CC(N3CCC(C(F)(F)F)CC3)C2)CC1. The zero-order valence-corrected chi connectivity index (χ0v) is 14.4. The first-order valence-corrected chi connectivity index (χ1v) is 9.22. The summed E-state index contributed by atoms with van der Waals surface area (Å²) in [5.74, 6) is 0.308. The number of piperidine rings is 2. The van der Waals surface area contributed by atoms with Crippen LogP contribution in [0.15, 0.2) is 4.99 Å². The molecule has 0 aromatic rings. The molecule has 0 bridgehead atoms. The van der Waals surface area contributed by atoms with Crippen LogP contribution < -0.4 is 5.73 Å². The molecule has 138 valence electrons. The molecule has 0 amide bonds. The van der Waals surface area contributed by atoms with Crippen molar-refractivity contribution in [3.63, 3.8) is 0 Å². The quantitative estimate of drug-likeness (QED) is 0.618. The molecule has 0 aromatic heterocycles. The van der Waals surface area contributed by atoms with Gasteiger partial charge in [0.05, 0.1) is 12.0 Å². The molecule has 3 aliphatic rings. The van der Waals surface area contributed by atoms with Gasteiger partial charge in [-0.1, -0.05) is 6.92 Å². The molecule has 24 heavy (non-hydrogen) atoms. The number of hydrogen-bond acceptors (Lipinski definition) is 2. The molecule has 3 rings (SSSR count). The molecular formula is C17H29F3N4. The Labute approximate surface area is 142 Å². The number of likely N-dealkylation sites (tertiary alicyclic amines) is 2. The molecule has 0 aromatic carbocycles. The van der Waals surface area contributed by atoms with Crippen molar-refractivity contribution in [3.05, 3.63) is 0 Å². The van der Waals surface area contributed by atoms with Crippen LogP contribution >= 0.6 is 0 Å². The van der Waals surface area contributed by atoms with Crippen molar-refractivity contribution in [2.45, 2.75) is 63.7 Å². The standard InChI is InChI=1S/C17H29F3N4/c1-12-2-6-24(7-3-12)16(21)22-14-10-15(11-14)23-8-4-13(5-9-23)17(18,19)20/h12-15H,2-11H2,1H3,(H2,21,22). The van der Waals surface area contributed by atoms with E-state index in [4.69, 9.17) is 5.73 Å². The molecule has 3 fully saturated rings. The third kappa shape index (κ3) is 4.16. The van der Waals surface area contributed by atoms with Crippen LogP contribution in [0.5, 0.6) is 0 Å². The predicted molar refractivity (Wildman–Crippen MR) is 88.8 cm³/mol. The first kappa shape index (κ1) is 17.8. The van der Waals surface area contributed by atoms with Crippen molar-refractivity contribution in [1.82, 2.24) is 9.80 Å². The van der Waals surface area contributed by atoms with Crippen molar-refractivity contribution in [1.29, 1.82) is 0 Å². The summed E-state index contributed by atoms with van der Waals surface area (Å²) in [4.78, 5) is 9.03. The van der Waals surface area contributed by atoms with Gasteiger partial charge in [-0.2, -0.15) is 13.2 Å². The predicted octanol–water partition coefficient (Wildman–Crippen LogP) is 2.84. The van der Waals surface area contributed by atoms with E-state index < -0.39 is 12.1 Å². The van der Waals surface area contributed by atoms with E-state index >= 15 is 0 Å². The van der Waals surface area contributed by atoms with E-state index in [1.54, 1.807) is 0 Å². The second-order valence-electron chi connectivity index (χ2n) is 7.79. The van der Waals surface area contributed by atoms with Gasteiger partial charge in [0.1, 0.15) is 0 Å². The van der Waals surface area contributed by atoms with Gasteiger partial charge < -0.3 is 15.5 Å². The highest BCUT2D eigenvalue weighted by Crippen LogP contribution is 2.37. The minimum absolute atomic E-state index is 0.238. The van der Waals surface area contributed by atoms with Crippen LogP contribution in [-0.4, -0.2) is 60.2 Å². The van der Waals surface area contributed by atoms with Crippen molar-refractivity contribution >= 4 is 5.96 Å². The Bertz CT molecular complexity index is 443. The van der Waals surface area contributed by atoms with Gasteiger partial charge in [-0.25, -0.2) is 4.99 Å². The maximum atomic E-state index is 12.7. The molecule has 0 unspecified atom stereocenters. The molecule has 2 N–H and O–H groups in total. The number of rotatable bonds is 2. The minimum Gasteiger partial charge on any atom is -0.370 e. The van der Waals surface area contributed by atoms with Gasteiger partial charge in [0, 0.05) is 19.1 Å². The van der Waals surface area contributed by atoms with Crippen LogP contribution in [0.1, 0.15) is 45.4 Å². The monoisotopic (exact) mass is 346 g/mol. The van der Waals surface area contributed by atoms with E-state index in [0.717, 1.165) is 44.7 Å². The van der Waals surface area contributed by atoms with Gasteiger partial charge in [-0.15, -0.1) is 0 Å². The summed E-state index contributed by atoms with van der Waals surface area (Å²) in [5.41, 5.74) is 6.13. The fraction of sp³-hybridized carbons (Fsp3) is 0.941. The molecule has 2 heterocycles. The van der Waals surface area contributed by atoms with E-state index in [-0.39, 0.29) is 18.9 Å². The van der Waals surface area contributed by atoms with Gasteiger partial charge in [-0.05, 0) is 57.5 Å². The molecule has 0 atom stereocenters. The first-order valence-electron chi connectivity index (χ1n) is 9.22. The zero-order valence-electron chi connectivity index (χ0n) is 14.4. The molecule has 4 nitrogen and oxygen atoms in total. The Morgan fingerprint density at radius 1 is 1.00 bits per heavy atom. The lowest BCUT2D eigenvalue weighted by Crippen LogP contribution is -2.52. The summed E-state index contributed by atoms with van der Waals surface area (Å²) in [6.45, 7) is 5.36. The van der Waals surface area contributed by atoms with Gasteiger partial charge >= 0.3 is 6.18 Å². The van der Waals surface area contributed by atoms with E-state index in [2.05, 4.69) is 21.7 Å². The van der Waals surface area contributed by atoms with Gasteiger partial charge in [-0.3, -0.25) is 0 Å². The summed E-state index contributed by atoms with van der Waals surface area (Å²) < 4.78 is 38.2. The number of hydrogen-bond donors (Lipinski definition) is 1. The van der Waals surface area contributed by atoms with Crippen molar-refractivity contribution in [2.24, 2.45) is 22.6 Å². The third-order valence-corrected chi connectivity index (χ3v) is 6.02. The minimum atomic E-state index is -4.03. The third-order valence-electron chi connectivity index (χ3n) is 6.02. The number of aliphatic imine (C=N–C) groups is 1. The molecule has 1 aliphatic carbocycles. The Kier molecular flexibility index (Phi) is 5.27.